The third kappa shape index (κ3) is 3.96. The van der Waals surface area contributed by atoms with E-state index in [1.54, 1.807) is 12.1 Å². The fourth-order valence-electron chi connectivity index (χ4n) is 4.44. The minimum absolute atomic E-state index is 0.136. The first-order chi connectivity index (χ1) is 14.6. The van der Waals surface area contributed by atoms with Crippen molar-refractivity contribution in [3.63, 3.8) is 0 Å². The van der Waals surface area contributed by atoms with Crippen LogP contribution in [0.15, 0.2) is 30.3 Å². The lowest BCUT2D eigenvalue weighted by molar-refractivity contribution is -0.153. The summed E-state index contributed by atoms with van der Waals surface area (Å²) in [5.41, 5.74) is 1.86. The van der Waals surface area contributed by atoms with Crippen LogP contribution in [-0.4, -0.2) is 50.4 Å². The van der Waals surface area contributed by atoms with E-state index in [9.17, 15) is 9.59 Å². The van der Waals surface area contributed by atoms with Crippen molar-refractivity contribution in [2.24, 2.45) is 5.92 Å². The van der Waals surface area contributed by atoms with Gasteiger partial charge in [0.15, 0.2) is 0 Å². The number of likely N-dealkylation sites (tertiary alicyclic amines) is 1. The number of benzene rings is 1. The fraction of sp³-hybridized carbons (Fsp3) is 0.545. The third-order valence-electron chi connectivity index (χ3n) is 6.38. The highest BCUT2D eigenvalue weighted by molar-refractivity contribution is 5.94. The number of hydrogen-bond acceptors (Lipinski definition) is 5. The Bertz CT molecular complexity index is 940. The standard InChI is InChI=1S/C22H27N5O3/c28-20(11-16-7-8-16)26-10-4-9-22(14-26)15-27-19(13-30-22)18(24-25-27)12-23-21(29)17-5-2-1-3-6-17/h1-3,5-6,16H,4,7-15H2,(H,23,29). The molecule has 3 heterocycles. The molecule has 2 fully saturated rings. The van der Waals surface area contributed by atoms with E-state index in [0.717, 1.165) is 30.8 Å². The van der Waals surface area contributed by atoms with Crippen LogP contribution in [0.3, 0.4) is 0 Å². The lowest BCUT2D eigenvalue weighted by Gasteiger charge is -2.44. The quantitative estimate of drug-likeness (QED) is 0.815. The molecular formula is C22H27N5O3. The number of carbonyl (C=O) groups excluding carboxylic acids is 2. The predicted molar refractivity (Wildman–Crippen MR) is 108 cm³/mol. The lowest BCUT2D eigenvalue weighted by atomic mass is 9.91. The molecule has 1 spiro atoms. The van der Waals surface area contributed by atoms with Gasteiger partial charge in [-0.1, -0.05) is 23.4 Å². The van der Waals surface area contributed by atoms with Gasteiger partial charge in [0.25, 0.3) is 5.91 Å². The molecule has 1 aromatic carbocycles. The monoisotopic (exact) mass is 409 g/mol. The molecule has 1 atom stereocenters. The minimum atomic E-state index is -0.386. The molecule has 1 N–H and O–H groups in total. The zero-order valence-corrected chi connectivity index (χ0v) is 17.0. The zero-order chi connectivity index (χ0) is 20.6. The number of fused-ring (bicyclic) bond motifs is 1. The average molecular weight is 409 g/mol. The van der Waals surface area contributed by atoms with Crippen LogP contribution in [0.4, 0.5) is 0 Å². The number of nitrogens with one attached hydrogen (secondary N) is 1. The van der Waals surface area contributed by atoms with E-state index in [0.29, 0.717) is 44.1 Å². The van der Waals surface area contributed by atoms with Crippen LogP contribution in [0, 0.1) is 5.92 Å². The number of aromatic nitrogens is 3. The molecule has 2 amide bonds. The third-order valence-corrected chi connectivity index (χ3v) is 6.38. The van der Waals surface area contributed by atoms with Gasteiger partial charge < -0.3 is 15.0 Å². The van der Waals surface area contributed by atoms with E-state index in [-0.39, 0.29) is 17.4 Å². The molecule has 1 aromatic heterocycles. The van der Waals surface area contributed by atoms with Crippen molar-refractivity contribution < 1.29 is 14.3 Å². The van der Waals surface area contributed by atoms with Gasteiger partial charge in [0.1, 0.15) is 11.3 Å². The second-order valence-corrected chi connectivity index (χ2v) is 8.73. The Morgan fingerprint density at radius 3 is 2.83 bits per heavy atom. The van der Waals surface area contributed by atoms with Crippen molar-refractivity contribution >= 4 is 11.8 Å². The summed E-state index contributed by atoms with van der Waals surface area (Å²) in [6.07, 6.45) is 4.91. The first kappa shape index (κ1) is 19.2. The largest absolute Gasteiger partial charge is 0.365 e. The van der Waals surface area contributed by atoms with E-state index in [2.05, 4.69) is 15.6 Å². The van der Waals surface area contributed by atoms with Crippen molar-refractivity contribution in [3.8, 4) is 0 Å². The second kappa shape index (κ2) is 7.83. The highest BCUT2D eigenvalue weighted by Gasteiger charge is 2.43. The summed E-state index contributed by atoms with van der Waals surface area (Å²) in [5, 5.41) is 11.5. The Morgan fingerprint density at radius 2 is 2.03 bits per heavy atom. The zero-order valence-electron chi connectivity index (χ0n) is 17.0. The molecule has 158 valence electrons. The smallest absolute Gasteiger partial charge is 0.251 e. The molecule has 1 saturated carbocycles. The summed E-state index contributed by atoms with van der Waals surface area (Å²) in [5.74, 6) is 0.717. The van der Waals surface area contributed by atoms with Crippen molar-refractivity contribution in [2.45, 2.75) is 57.4 Å². The topological polar surface area (TPSA) is 89.3 Å². The first-order valence-corrected chi connectivity index (χ1v) is 10.8. The van der Waals surface area contributed by atoms with Crippen molar-refractivity contribution in [2.75, 3.05) is 13.1 Å². The minimum Gasteiger partial charge on any atom is -0.365 e. The highest BCUT2D eigenvalue weighted by atomic mass is 16.5. The Morgan fingerprint density at radius 1 is 1.20 bits per heavy atom. The van der Waals surface area contributed by atoms with Crippen LogP contribution in [0.25, 0.3) is 0 Å². The van der Waals surface area contributed by atoms with E-state index >= 15 is 0 Å². The van der Waals surface area contributed by atoms with Gasteiger partial charge in [0.05, 0.1) is 31.9 Å². The normalized spacial score (nSPS) is 23.3. The number of ether oxygens (including phenoxy) is 1. The molecule has 1 saturated heterocycles. The van der Waals surface area contributed by atoms with E-state index in [1.807, 2.05) is 27.8 Å². The molecule has 30 heavy (non-hydrogen) atoms. The first-order valence-electron chi connectivity index (χ1n) is 10.8. The fourth-order valence-corrected chi connectivity index (χ4v) is 4.44. The summed E-state index contributed by atoms with van der Waals surface area (Å²) in [4.78, 5) is 26.9. The molecule has 0 bridgehead atoms. The maximum absolute atomic E-state index is 12.6. The van der Waals surface area contributed by atoms with Gasteiger partial charge in [-0.3, -0.25) is 9.59 Å². The van der Waals surface area contributed by atoms with Crippen LogP contribution < -0.4 is 5.32 Å². The van der Waals surface area contributed by atoms with Crippen molar-refractivity contribution in [1.29, 1.82) is 0 Å². The van der Waals surface area contributed by atoms with Crippen LogP contribution in [0.5, 0.6) is 0 Å². The SMILES string of the molecule is O=C(NCc1nnn2c1COC1(CCCN(C(=O)CC3CC3)C1)C2)c1ccccc1. The van der Waals surface area contributed by atoms with Crippen molar-refractivity contribution in [3.05, 3.63) is 47.3 Å². The number of hydrogen-bond donors (Lipinski definition) is 1. The predicted octanol–water partition coefficient (Wildman–Crippen LogP) is 1.90. The molecule has 1 aliphatic carbocycles. The molecule has 2 aliphatic heterocycles. The average Bonchev–Trinajstić information content (AvgIpc) is 3.50. The molecule has 5 rings (SSSR count). The summed E-state index contributed by atoms with van der Waals surface area (Å²) in [6.45, 7) is 2.74. The maximum Gasteiger partial charge on any atom is 0.251 e. The van der Waals surface area contributed by atoms with Crippen molar-refractivity contribution in [1.82, 2.24) is 25.2 Å². The molecule has 2 aromatic rings. The number of rotatable bonds is 5. The van der Waals surface area contributed by atoms with Gasteiger partial charge in [-0.25, -0.2) is 4.68 Å². The molecule has 8 heteroatoms. The van der Waals surface area contributed by atoms with Gasteiger partial charge >= 0.3 is 0 Å². The summed E-state index contributed by atoms with van der Waals surface area (Å²) in [6, 6.07) is 9.12. The Labute approximate surface area is 175 Å². The highest BCUT2D eigenvalue weighted by Crippen LogP contribution is 2.36. The van der Waals surface area contributed by atoms with E-state index in [4.69, 9.17) is 4.74 Å². The maximum atomic E-state index is 12.6. The van der Waals surface area contributed by atoms with Crippen LogP contribution in [0.1, 0.15) is 53.8 Å². The molecule has 3 aliphatic rings. The summed E-state index contributed by atoms with van der Waals surface area (Å²) in [7, 11) is 0. The summed E-state index contributed by atoms with van der Waals surface area (Å²) >= 11 is 0. The van der Waals surface area contributed by atoms with Gasteiger partial charge in [-0.2, -0.15) is 0 Å². The molecule has 1 unspecified atom stereocenters. The van der Waals surface area contributed by atoms with Gasteiger partial charge in [-0.15, -0.1) is 5.10 Å². The Kier molecular flexibility index (Phi) is 5.02. The van der Waals surface area contributed by atoms with Crippen LogP contribution >= 0.6 is 0 Å². The van der Waals surface area contributed by atoms with Crippen LogP contribution in [0.2, 0.25) is 0 Å². The van der Waals surface area contributed by atoms with Gasteiger partial charge in [0.2, 0.25) is 5.91 Å². The summed E-state index contributed by atoms with van der Waals surface area (Å²) < 4.78 is 8.21. The molecular weight excluding hydrogens is 382 g/mol. The number of piperidine rings is 1. The Balaban J connectivity index is 1.22. The second-order valence-electron chi connectivity index (χ2n) is 8.73. The molecule has 0 radical (unpaired) electrons. The van der Waals surface area contributed by atoms with E-state index in [1.165, 1.54) is 12.8 Å². The number of amides is 2. The lowest BCUT2D eigenvalue weighted by Crippen LogP contribution is -2.55. The van der Waals surface area contributed by atoms with E-state index < -0.39 is 0 Å². The molecule has 8 nitrogen and oxygen atoms in total. The number of carbonyl (C=O) groups is 2. The van der Waals surface area contributed by atoms with Gasteiger partial charge in [-0.05, 0) is 43.7 Å². The van der Waals surface area contributed by atoms with Crippen LogP contribution in [-0.2, 0) is 29.2 Å². The van der Waals surface area contributed by atoms with Gasteiger partial charge in [0, 0.05) is 18.5 Å². The Hall–Kier alpha value is -2.74. The number of nitrogens with zero attached hydrogens (tertiary/aromatic N) is 4.